The number of aliphatic imine (C=N–C) groups is 1. The van der Waals surface area contributed by atoms with Crippen LogP contribution in [-0.4, -0.2) is 28.0 Å². The fourth-order valence-corrected chi connectivity index (χ4v) is 3.08. The molecule has 8 nitrogen and oxygen atoms in total. The lowest BCUT2D eigenvalue weighted by atomic mass is 10.2. The molecule has 0 atom stereocenters. The summed E-state index contributed by atoms with van der Waals surface area (Å²) in [4.78, 5) is 31.0. The van der Waals surface area contributed by atoms with E-state index in [0.717, 1.165) is 15.9 Å². The monoisotopic (exact) mass is 428 g/mol. The molecule has 0 bridgehead atoms. The number of ether oxygens (including phenoxy) is 1. The number of benzene rings is 3. The van der Waals surface area contributed by atoms with E-state index in [0.29, 0.717) is 17.1 Å². The average Bonchev–Trinajstić information content (AvgIpc) is 2.81. The third-order valence-corrected chi connectivity index (χ3v) is 4.72. The van der Waals surface area contributed by atoms with Gasteiger partial charge < -0.3 is 15.2 Å². The van der Waals surface area contributed by atoms with Gasteiger partial charge in [-0.2, -0.15) is 0 Å². The van der Waals surface area contributed by atoms with E-state index in [1.165, 1.54) is 13.3 Å². The number of aromatic nitrogens is 2. The van der Waals surface area contributed by atoms with E-state index in [-0.39, 0.29) is 5.56 Å². The lowest BCUT2D eigenvalue weighted by molar-refractivity contribution is 0.414. The molecule has 0 amide bonds. The SMILES string of the molecule is COc1ccc(-n2c(O)c(C=Nc3ccc(Nc4ccccc4)cc3)c(=O)[nH]c2=O)cc1. The maximum absolute atomic E-state index is 12.3. The number of anilines is 2. The van der Waals surface area contributed by atoms with Crippen molar-refractivity contribution in [1.82, 2.24) is 9.55 Å². The van der Waals surface area contributed by atoms with Crippen molar-refractivity contribution in [2.75, 3.05) is 12.4 Å². The largest absolute Gasteiger partial charge is 0.497 e. The molecule has 0 aliphatic rings. The summed E-state index contributed by atoms with van der Waals surface area (Å²) in [5, 5.41) is 13.9. The van der Waals surface area contributed by atoms with Gasteiger partial charge in [-0.3, -0.25) is 14.8 Å². The lowest BCUT2D eigenvalue weighted by Gasteiger charge is -2.10. The summed E-state index contributed by atoms with van der Waals surface area (Å²) in [6.45, 7) is 0. The second-order valence-electron chi connectivity index (χ2n) is 6.83. The highest BCUT2D eigenvalue weighted by Crippen LogP contribution is 2.22. The van der Waals surface area contributed by atoms with Crippen molar-refractivity contribution in [2.45, 2.75) is 0 Å². The first-order valence-electron chi connectivity index (χ1n) is 9.74. The van der Waals surface area contributed by atoms with Gasteiger partial charge in [0.15, 0.2) is 0 Å². The number of methoxy groups -OCH3 is 1. The standard InChI is InChI=1S/C24H20N4O4/c1-32-20-13-11-19(12-14-20)28-23(30)21(22(29)27-24(28)31)15-25-16-7-9-18(10-8-16)26-17-5-3-2-4-6-17/h2-15,26,30H,1H3,(H,27,29,31). The quantitative estimate of drug-likeness (QED) is 0.406. The summed E-state index contributed by atoms with van der Waals surface area (Å²) >= 11 is 0. The third kappa shape index (κ3) is 4.44. The van der Waals surface area contributed by atoms with Crippen LogP contribution < -0.4 is 21.3 Å². The van der Waals surface area contributed by atoms with Crippen LogP contribution in [0.4, 0.5) is 17.1 Å². The summed E-state index contributed by atoms with van der Waals surface area (Å²) in [7, 11) is 1.53. The van der Waals surface area contributed by atoms with Crippen LogP contribution in [0.25, 0.3) is 5.69 Å². The van der Waals surface area contributed by atoms with E-state index in [4.69, 9.17) is 4.74 Å². The first-order valence-corrected chi connectivity index (χ1v) is 9.74. The average molecular weight is 428 g/mol. The molecule has 0 aliphatic heterocycles. The smallest absolute Gasteiger partial charge is 0.335 e. The second-order valence-corrected chi connectivity index (χ2v) is 6.83. The minimum atomic E-state index is -0.758. The van der Waals surface area contributed by atoms with Gasteiger partial charge in [0.05, 0.1) is 18.5 Å². The van der Waals surface area contributed by atoms with Gasteiger partial charge in [0.1, 0.15) is 11.3 Å². The van der Waals surface area contributed by atoms with E-state index >= 15 is 0 Å². The van der Waals surface area contributed by atoms with Crippen molar-refractivity contribution in [2.24, 2.45) is 4.99 Å². The molecule has 1 aromatic heterocycles. The Morgan fingerprint density at radius 1 is 0.938 bits per heavy atom. The number of nitrogens with one attached hydrogen (secondary N) is 2. The van der Waals surface area contributed by atoms with Gasteiger partial charge in [0.2, 0.25) is 5.88 Å². The number of hydrogen-bond acceptors (Lipinski definition) is 6. The van der Waals surface area contributed by atoms with Crippen molar-refractivity contribution in [3.63, 3.8) is 0 Å². The van der Waals surface area contributed by atoms with Crippen LogP contribution in [-0.2, 0) is 0 Å². The topological polar surface area (TPSA) is 109 Å². The number of nitrogens with zero attached hydrogens (tertiary/aromatic N) is 2. The fraction of sp³-hybridized carbons (Fsp3) is 0.0417. The Kier molecular flexibility index (Phi) is 5.85. The molecule has 0 radical (unpaired) electrons. The zero-order valence-corrected chi connectivity index (χ0v) is 17.1. The zero-order chi connectivity index (χ0) is 22.5. The molecule has 0 spiro atoms. The van der Waals surface area contributed by atoms with Crippen LogP contribution >= 0.6 is 0 Å². The van der Waals surface area contributed by atoms with Gasteiger partial charge >= 0.3 is 5.69 Å². The highest BCUT2D eigenvalue weighted by Gasteiger charge is 2.14. The molecule has 4 rings (SSSR count). The molecule has 32 heavy (non-hydrogen) atoms. The molecule has 160 valence electrons. The predicted molar refractivity (Wildman–Crippen MR) is 124 cm³/mol. The maximum atomic E-state index is 12.3. The second kappa shape index (κ2) is 9.05. The van der Waals surface area contributed by atoms with Crippen LogP contribution in [0.1, 0.15) is 5.56 Å². The molecule has 8 heteroatoms. The van der Waals surface area contributed by atoms with Gasteiger partial charge in [-0.05, 0) is 60.7 Å². The summed E-state index contributed by atoms with van der Waals surface area (Å²) in [6.07, 6.45) is 1.23. The molecule has 0 fully saturated rings. The van der Waals surface area contributed by atoms with Crippen LogP contribution in [0.2, 0.25) is 0 Å². The van der Waals surface area contributed by atoms with E-state index in [9.17, 15) is 14.7 Å². The Morgan fingerprint density at radius 2 is 1.59 bits per heavy atom. The molecule has 3 aromatic carbocycles. The normalized spacial score (nSPS) is 10.9. The Bertz CT molecular complexity index is 1360. The summed E-state index contributed by atoms with van der Waals surface area (Å²) < 4.78 is 6.10. The molecule has 1 heterocycles. The first-order chi connectivity index (χ1) is 15.5. The van der Waals surface area contributed by atoms with E-state index in [1.807, 2.05) is 42.5 Å². The van der Waals surface area contributed by atoms with Crippen molar-refractivity contribution < 1.29 is 9.84 Å². The van der Waals surface area contributed by atoms with Crippen molar-refractivity contribution in [3.8, 4) is 17.3 Å². The van der Waals surface area contributed by atoms with Crippen LogP contribution in [0.3, 0.4) is 0 Å². The van der Waals surface area contributed by atoms with Crippen LogP contribution in [0.5, 0.6) is 11.6 Å². The van der Waals surface area contributed by atoms with Gasteiger partial charge in [0, 0.05) is 17.6 Å². The fourth-order valence-electron chi connectivity index (χ4n) is 3.08. The van der Waals surface area contributed by atoms with Gasteiger partial charge in [-0.25, -0.2) is 9.36 Å². The van der Waals surface area contributed by atoms with Gasteiger partial charge in [-0.1, -0.05) is 18.2 Å². The molecule has 3 N–H and O–H groups in total. The first kappa shape index (κ1) is 20.7. The van der Waals surface area contributed by atoms with E-state index < -0.39 is 17.1 Å². The van der Waals surface area contributed by atoms with Gasteiger partial charge in [0.25, 0.3) is 5.56 Å². The molecular weight excluding hydrogens is 408 g/mol. The number of H-pyrrole nitrogens is 1. The number of rotatable bonds is 6. The van der Waals surface area contributed by atoms with Crippen molar-refractivity contribution >= 4 is 23.3 Å². The third-order valence-electron chi connectivity index (χ3n) is 4.72. The number of aromatic amines is 1. The highest BCUT2D eigenvalue weighted by molar-refractivity contribution is 5.84. The zero-order valence-electron chi connectivity index (χ0n) is 17.1. The molecule has 4 aromatic rings. The minimum Gasteiger partial charge on any atom is -0.497 e. The van der Waals surface area contributed by atoms with Crippen LogP contribution in [0, 0.1) is 0 Å². The number of para-hydroxylation sites is 1. The Hall–Kier alpha value is -4.59. The summed E-state index contributed by atoms with van der Waals surface area (Å²) in [6, 6.07) is 23.5. The van der Waals surface area contributed by atoms with Gasteiger partial charge in [-0.15, -0.1) is 0 Å². The maximum Gasteiger partial charge on any atom is 0.335 e. The highest BCUT2D eigenvalue weighted by atomic mass is 16.5. The molecular formula is C24H20N4O4. The minimum absolute atomic E-state index is 0.132. The molecule has 0 saturated heterocycles. The van der Waals surface area contributed by atoms with Crippen LogP contribution in [0.15, 0.2) is 93.4 Å². The van der Waals surface area contributed by atoms with Crippen molar-refractivity contribution in [1.29, 1.82) is 0 Å². The number of aromatic hydroxyl groups is 1. The Morgan fingerprint density at radius 3 is 2.25 bits per heavy atom. The molecule has 0 aliphatic carbocycles. The van der Waals surface area contributed by atoms with E-state index in [1.54, 1.807) is 36.4 Å². The summed E-state index contributed by atoms with van der Waals surface area (Å²) in [5.74, 6) is 0.0905. The molecule has 0 saturated carbocycles. The predicted octanol–water partition coefficient (Wildman–Crippen LogP) is 3.73. The van der Waals surface area contributed by atoms with Crippen molar-refractivity contribution in [3.05, 3.63) is 105 Å². The Balaban J connectivity index is 1.61. The summed E-state index contributed by atoms with van der Waals surface area (Å²) in [5.41, 5.74) is 1.16. The van der Waals surface area contributed by atoms with E-state index in [2.05, 4.69) is 15.3 Å². The number of hydrogen-bond donors (Lipinski definition) is 3. The molecule has 0 unspecified atom stereocenters. The Labute approximate surface area is 183 Å². The lowest BCUT2D eigenvalue weighted by Crippen LogP contribution is -2.31.